The van der Waals surface area contributed by atoms with Gasteiger partial charge in [-0.3, -0.25) is 43.2 Å². The minimum atomic E-state index is -5.08. The van der Waals surface area contributed by atoms with E-state index in [1.165, 1.54) is 4.90 Å². The number of carboxylic acids is 2. The third-order valence-corrected chi connectivity index (χ3v) is 15.6. The van der Waals surface area contributed by atoms with Gasteiger partial charge in [-0.05, 0) is 112 Å². The standard InChI is InChI=1S/C60H93N11O11.2C2HF3O2/c1-35(2)30-43-52(72)63-33-49-47(81-34-40-20-13-10-14-21-40)25-26-48(82-49)57(77)70-51(38(7)8)59(79)65-42(23-16-28-62)54(74)67-44(31-36(3)4)55(75)68-45(32-39-18-11-9-12-19-39)60(80)71-29-17-24-46(71)56(76)69-50(37(5)6)58(78)64-41(22-15-27-61)53(73)66-43;2*3-2(4,5)1(6)7/h9-14,18-21,35-38,41-51H,15-17,22-34,61-62H2,1-8H3,(H,63,72)(H,64,78)(H,65,79)(H,66,73)(H,67,74)(H,68,75)(H,69,76)(H,70,77);2*(H,6,7)/t41-,42-,43-,44-,45+,46-,47-,48+,49+,50-,51-;;/m0../s1. The van der Waals surface area contributed by atoms with Crippen LogP contribution in [0.4, 0.5) is 26.3 Å². The van der Waals surface area contributed by atoms with Crippen molar-refractivity contribution < 1.29 is 98.8 Å². The van der Waals surface area contributed by atoms with E-state index in [1.807, 2.05) is 76.2 Å². The van der Waals surface area contributed by atoms with Crippen molar-refractivity contribution in [3.05, 3.63) is 71.8 Å². The highest BCUT2D eigenvalue weighted by atomic mass is 19.4. The first kappa shape index (κ1) is 82.3. The number of hydrogen-bond acceptors (Lipinski definition) is 15. The maximum Gasteiger partial charge on any atom is 0.490 e. The summed E-state index contributed by atoms with van der Waals surface area (Å²) in [5, 5.41) is 37.2. The van der Waals surface area contributed by atoms with Crippen LogP contribution in [0.3, 0.4) is 0 Å². The molecule has 14 N–H and O–H groups in total. The number of nitrogens with two attached hydrogens (primary N) is 2. The number of nitrogens with one attached hydrogen (secondary N) is 8. The fraction of sp³-hybridized carbons (Fsp3) is 0.641. The van der Waals surface area contributed by atoms with Crippen molar-refractivity contribution in [1.82, 2.24) is 47.4 Å². The summed E-state index contributed by atoms with van der Waals surface area (Å²) in [4.78, 5) is 149. The second-order valence-corrected chi connectivity index (χ2v) is 25.2. The summed E-state index contributed by atoms with van der Waals surface area (Å²) < 4.78 is 76.3. The topological polar surface area (TPSA) is 398 Å². The summed E-state index contributed by atoms with van der Waals surface area (Å²) in [6, 6.07) is 9.34. The van der Waals surface area contributed by atoms with Crippen LogP contribution in [0.25, 0.3) is 0 Å². The zero-order valence-electron chi connectivity index (χ0n) is 55.3. The van der Waals surface area contributed by atoms with Crippen molar-refractivity contribution in [3.8, 4) is 0 Å². The molecule has 11 atom stereocenters. The zero-order chi connectivity index (χ0) is 72.2. The molecule has 3 heterocycles. The van der Waals surface area contributed by atoms with E-state index in [2.05, 4.69) is 42.5 Å². The van der Waals surface area contributed by atoms with Crippen molar-refractivity contribution in [1.29, 1.82) is 0 Å². The molecule has 2 aromatic carbocycles. The summed E-state index contributed by atoms with van der Waals surface area (Å²) in [5.41, 5.74) is 13.5. The van der Waals surface area contributed by atoms with Crippen molar-refractivity contribution in [2.24, 2.45) is 35.1 Å². The fourth-order valence-electron chi connectivity index (χ4n) is 10.6. The van der Waals surface area contributed by atoms with Crippen LogP contribution in [0.1, 0.15) is 131 Å². The number of benzene rings is 2. The number of amides is 9. The first-order chi connectivity index (χ1) is 45.0. The van der Waals surface area contributed by atoms with Crippen molar-refractivity contribution >= 4 is 65.1 Å². The number of alkyl halides is 6. The van der Waals surface area contributed by atoms with Gasteiger partial charge in [-0.2, -0.15) is 26.3 Å². The van der Waals surface area contributed by atoms with Crippen LogP contribution in [0, 0.1) is 23.7 Å². The Kier molecular flexibility index (Phi) is 34.2. The average molecular weight is 1370 g/mol. The van der Waals surface area contributed by atoms with E-state index < -0.39 is 156 Å². The molecule has 2 aromatic rings. The van der Waals surface area contributed by atoms with Crippen molar-refractivity contribution in [2.45, 2.75) is 212 Å². The van der Waals surface area contributed by atoms with E-state index in [4.69, 9.17) is 40.7 Å². The lowest BCUT2D eigenvalue weighted by Crippen LogP contribution is -2.61. The van der Waals surface area contributed by atoms with E-state index in [1.54, 1.807) is 39.8 Å². The molecule has 3 aliphatic heterocycles. The lowest BCUT2D eigenvalue weighted by Gasteiger charge is -2.37. The van der Waals surface area contributed by atoms with Crippen molar-refractivity contribution in [2.75, 3.05) is 26.2 Å². The second kappa shape index (κ2) is 39.9. The molecule has 3 aliphatic rings. The largest absolute Gasteiger partial charge is 0.490 e. The molecule has 5 rings (SSSR count). The molecule has 9 amide bonds. The molecule has 538 valence electrons. The van der Waals surface area contributed by atoms with Crippen molar-refractivity contribution in [3.63, 3.8) is 0 Å². The molecule has 0 spiro atoms. The quantitative estimate of drug-likeness (QED) is 0.101. The smallest absolute Gasteiger partial charge is 0.475 e. The van der Waals surface area contributed by atoms with Gasteiger partial charge in [0.1, 0.15) is 60.5 Å². The maximum atomic E-state index is 14.9. The van der Waals surface area contributed by atoms with Gasteiger partial charge in [0.2, 0.25) is 53.2 Å². The number of aliphatic carboxylic acids is 2. The first-order valence-electron chi connectivity index (χ1n) is 32.0. The first-order valence-corrected chi connectivity index (χ1v) is 32.0. The van der Waals surface area contributed by atoms with Gasteiger partial charge in [0.05, 0.1) is 12.7 Å². The molecule has 0 radical (unpaired) electrons. The molecule has 96 heavy (non-hydrogen) atoms. The number of hydrogen-bond donors (Lipinski definition) is 12. The van der Waals surface area contributed by atoms with Gasteiger partial charge in [0, 0.05) is 19.5 Å². The molecular weight excluding hydrogens is 1280 g/mol. The molecule has 0 unspecified atom stereocenters. The summed E-state index contributed by atoms with van der Waals surface area (Å²) in [7, 11) is 0. The second-order valence-electron chi connectivity index (χ2n) is 25.2. The van der Waals surface area contributed by atoms with Gasteiger partial charge in [-0.25, -0.2) is 9.59 Å². The number of carboxylic acid groups (broad SMARTS) is 2. The van der Waals surface area contributed by atoms with Gasteiger partial charge in [-0.15, -0.1) is 0 Å². The van der Waals surface area contributed by atoms with Crippen LogP contribution >= 0.6 is 0 Å². The summed E-state index contributed by atoms with van der Waals surface area (Å²) >= 11 is 0. The Labute approximate surface area is 554 Å². The predicted molar refractivity (Wildman–Crippen MR) is 337 cm³/mol. The number of ether oxygens (including phenoxy) is 2. The fourth-order valence-corrected chi connectivity index (χ4v) is 10.6. The van der Waals surface area contributed by atoms with Gasteiger partial charge in [-0.1, -0.05) is 116 Å². The third kappa shape index (κ3) is 28.0. The lowest BCUT2D eigenvalue weighted by molar-refractivity contribution is -0.193. The van der Waals surface area contributed by atoms with Gasteiger partial charge in [0.15, 0.2) is 0 Å². The Morgan fingerprint density at radius 3 is 1.41 bits per heavy atom. The molecular formula is C64H95F6N11O15. The molecule has 0 aliphatic carbocycles. The van der Waals surface area contributed by atoms with Gasteiger partial charge >= 0.3 is 24.3 Å². The third-order valence-electron chi connectivity index (χ3n) is 15.6. The average Bonchev–Trinajstić information content (AvgIpc) is 1.33. The number of rotatable bonds is 17. The summed E-state index contributed by atoms with van der Waals surface area (Å²) in [5.74, 6) is -12.3. The Morgan fingerprint density at radius 2 is 0.969 bits per heavy atom. The Morgan fingerprint density at radius 1 is 0.552 bits per heavy atom. The molecule has 0 aromatic heterocycles. The van der Waals surface area contributed by atoms with Gasteiger partial charge < -0.3 is 78.6 Å². The lowest BCUT2D eigenvalue weighted by atomic mass is 9.97. The molecule has 0 saturated carbocycles. The summed E-state index contributed by atoms with van der Waals surface area (Å²) in [6.45, 7) is 15.1. The van der Waals surface area contributed by atoms with Crippen LogP contribution in [0.5, 0.6) is 0 Å². The number of carbonyl (C=O) groups is 11. The highest BCUT2D eigenvalue weighted by Gasteiger charge is 2.44. The number of halogens is 6. The van der Waals surface area contributed by atoms with Crippen LogP contribution in [-0.4, -0.2) is 185 Å². The van der Waals surface area contributed by atoms with E-state index in [0.717, 1.165) is 5.56 Å². The van der Waals surface area contributed by atoms with Crippen LogP contribution in [0.2, 0.25) is 0 Å². The molecule has 3 saturated heterocycles. The minimum absolute atomic E-state index is 0.0359. The Hall–Kier alpha value is -7.97. The zero-order valence-corrected chi connectivity index (χ0v) is 55.3. The number of nitrogens with zero attached hydrogens (tertiary/aromatic N) is 1. The highest BCUT2D eigenvalue weighted by molar-refractivity contribution is 5.98. The maximum absolute atomic E-state index is 14.9. The SMILES string of the molecule is CC(C)C[C@@H]1NC(=O)[C@H](CCCN)NC(=O)[C@H](C(C)C)NC(=O)[C@@H]2CCCN2C(=O)[C@@H](Cc2ccccc2)NC(=O)[C@H](CC(C)C)NC(=O)[C@H](CCCN)NC(=O)[C@H](C(C)C)NC(=O)[C@H]2CC[C@H](OCc3ccccc3)[C@@H](CNC1=O)O2.O=C(O)C(F)(F)F.O=C(O)C(F)(F)F. The monoisotopic (exact) mass is 1370 g/mol. The van der Waals surface area contributed by atoms with E-state index in [-0.39, 0.29) is 89.6 Å². The Balaban J connectivity index is 0.00000154. The Bertz CT molecular complexity index is 2850. The summed E-state index contributed by atoms with van der Waals surface area (Å²) in [6.07, 6.45) is -10.2. The van der Waals surface area contributed by atoms with E-state index in [9.17, 15) is 69.5 Å². The highest BCUT2D eigenvalue weighted by Crippen LogP contribution is 2.26. The number of carbonyl (C=O) groups excluding carboxylic acids is 9. The van der Waals surface area contributed by atoms with Crippen LogP contribution < -0.4 is 54.0 Å². The van der Waals surface area contributed by atoms with Gasteiger partial charge in [0.25, 0.3) is 0 Å². The molecule has 26 nitrogen and oxygen atoms in total. The minimum Gasteiger partial charge on any atom is -0.475 e. The molecule has 32 heteroatoms. The normalized spacial score (nSPS) is 25.1. The van der Waals surface area contributed by atoms with Crippen LogP contribution in [0.15, 0.2) is 60.7 Å². The predicted octanol–water partition coefficient (Wildman–Crippen LogP) is 3.03. The molecule has 2 bridgehead atoms. The molecule has 3 fully saturated rings. The van der Waals surface area contributed by atoms with E-state index in [0.29, 0.717) is 31.2 Å². The van der Waals surface area contributed by atoms with Crippen LogP contribution in [-0.2, 0) is 75.2 Å². The van der Waals surface area contributed by atoms with E-state index >= 15 is 0 Å². The number of fused-ring (bicyclic) bond motifs is 3.